The van der Waals surface area contributed by atoms with Crippen molar-refractivity contribution >= 4 is 40.5 Å². The minimum absolute atomic E-state index is 0.295. The van der Waals surface area contributed by atoms with Gasteiger partial charge in [0.2, 0.25) is 0 Å². The van der Waals surface area contributed by atoms with E-state index in [0.29, 0.717) is 4.88 Å². The topological polar surface area (TPSA) is 84.5 Å². The Morgan fingerprint density at radius 3 is 2.36 bits per heavy atom. The molecule has 0 aliphatic carbocycles. The largest absolute Gasteiger partial charge is 0.454 e. The summed E-state index contributed by atoms with van der Waals surface area (Å²) in [5, 5.41) is 9.06. The van der Waals surface area contributed by atoms with E-state index >= 15 is 0 Å². The van der Waals surface area contributed by atoms with Gasteiger partial charge in [-0.25, -0.2) is 0 Å². The van der Waals surface area contributed by atoms with Gasteiger partial charge in [-0.05, 0) is 28.5 Å². The van der Waals surface area contributed by atoms with Crippen LogP contribution in [0.25, 0.3) is 0 Å². The van der Waals surface area contributed by atoms with Gasteiger partial charge in [-0.2, -0.15) is 0 Å². The summed E-state index contributed by atoms with van der Waals surface area (Å²) in [6.45, 7) is -0.709. The first-order valence-electron chi connectivity index (χ1n) is 8.48. The zero-order chi connectivity index (χ0) is 19.8. The average Bonchev–Trinajstić information content (AvgIpc) is 3.43. The molecule has 1 aromatic carbocycles. The summed E-state index contributed by atoms with van der Waals surface area (Å²) in [6.07, 6.45) is 0. The molecule has 6 nitrogen and oxygen atoms in total. The Hall–Kier alpha value is -2.97. The second-order valence-electron chi connectivity index (χ2n) is 5.75. The summed E-state index contributed by atoms with van der Waals surface area (Å²) in [5.74, 6) is -1.44. The van der Waals surface area contributed by atoms with Crippen LogP contribution in [0.15, 0.2) is 65.4 Å². The number of hydrogen-bond donors (Lipinski definition) is 2. The van der Waals surface area contributed by atoms with Crippen LogP contribution in [-0.2, 0) is 14.3 Å². The van der Waals surface area contributed by atoms with E-state index in [2.05, 4.69) is 10.6 Å². The van der Waals surface area contributed by atoms with Gasteiger partial charge in [0, 0.05) is 4.88 Å². The molecule has 3 rings (SSSR count). The molecule has 0 saturated heterocycles. The monoisotopic (exact) mass is 414 g/mol. The highest BCUT2D eigenvalue weighted by Crippen LogP contribution is 2.25. The van der Waals surface area contributed by atoms with Gasteiger partial charge in [0.25, 0.3) is 11.8 Å². The van der Waals surface area contributed by atoms with Gasteiger partial charge < -0.3 is 15.4 Å². The maximum atomic E-state index is 12.3. The van der Waals surface area contributed by atoms with Crippen LogP contribution < -0.4 is 10.6 Å². The molecule has 0 spiro atoms. The molecule has 0 radical (unpaired) electrons. The van der Waals surface area contributed by atoms with Gasteiger partial charge in [-0.3, -0.25) is 14.4 Å². The number of esters is 1. The first kappa shape index (κ1) is 19.8. The summed E-state index contributed by atoms with van der Waals surface area (Å²) in [5.41, 5.74) is 0.938. The first-order valence-corrected chi connectivity index (χ1v) is 10.2. The second kappa shape index (κ2) is 9.82. The third kappa shape index (κ3) is 5.51. The van der Waals surface area contributed by atoms with Crippen LogP contribution in [-0.4, -0.2) is 30.9 Å². The molecule has 2 amide bonds. The van der Waals surface area contributed by atoms with Crippen LogP contribution in [0.1, 0.15) is 26.2 Å². The smallest absolute Gasteiger partial charge is 0.325 e. The quantitative estimate of drug-likeness (QED) is 0.555. The molecule has 1 atom stereocenters. The molecule has 2 heterocycles. The van der Waals surface area contributed by atoms with Crippen molar-refractivity contribution < 1.29 is 19.1 Å². The van der Waals surface area contributed by atoms with E-state index in [1.807, 2.05) is 47.8 Å². The lowest BCUT2D eigenvalue weighted by Gasteiger charge is -2.18. The normalized spacial score (nSPS) is 11.4. The molecule has 0 aliphatic rings. The summed E-state index contributed by atoms with van der Waals surface area (Å²) < 4.78 is 4.97. The van der Waals surface area contributed by atoms with Crippen molar-refractivity contribution in [1.82, 2.24) is 10.6 Å². The van der Waals surface area contributed by atoms with Crippen LogP contribution >= 0.6 is 22.7 Å². The maximum Gasteiger partial charge on any atom is 0.325 e. The molecule has 0 bridgehead atoms. The SMILES string of the molecule is O=C(COC(=O)CNC(=O)c1cccs1)N[C@H](c1ccccc1)c1cccs1. The van der Waals surface area contributed by atoms with Crippen LogP contribution in [0, 0.1) is 0 Å². The van der Waals surface area contributed by atoms with Gasteiger partial charge in [-0.15, -0.1) is 22.7 Å². The highest BCUT2D eigenvalue weighted by Gasteiger charge is 2.19. The summed E-state index contributed by atoms with van der Waals surface area (Å²) in [4.78, 5) is 37.4. The number of rotatable bonds is 8. The lowest BCUT2D eigenvalue weighted by molar-refractivity contribution is -0.147. The Labute approximate surface area is 170 Å². The lowest BCUT2D eigenvalue weighted by Crippen LogP contribution is -2.35. The number of nitrogens with one attached hydrogen (secondary N) is 2. The molecular weight excluding hydrogens is 396 g/mol. The minimum atomic E-state index is -0.674. The maximum absolute atomic E-state index is 12.3. The van der Waals surface area contributed by atoms with Crippen molar-refractivity contribution in [3.8, 4) is 0 Å². The lowest BCUT2D eigenvalue weighted by atomic mass is 10.1. The van der Waals surface area contributed by atoms with Crippen molar-refractivity contribution in [3.05, 3.63) is 80.7 Å². The Kier molecular flexibility index (Phi) is 6.94. The number of ether oxygens (including phenoxy) is 1. The van der Waals surface area contributed by atoms with E-state index in [0.717, 1.165) is 10.4 Å². The molecule has 2 N–H and O–H groups in total. The summed E-state index contributed by atoms with van der Waals surface area (Å²) in [6, 6.07) is 16.5. The fourth-order valence-corrected chi connectivity index (χ4v) is 3.91. The first-order chi connectivity index (χ1) is 13.6. The Morgan fingerprint density at radius 1 is 0.929 bits per heavy atom. The molecule has 0 saturated carbocycles. The van der Waals surface area contributed by atoms with E-state index in [9.17, 15) is 14.4 Å². The number of thiophene rings is 2. The van der Waals surface area contributed by atoms with Crippen molar-refractivity contribution in [2.24, 2.45) is 0 Å². The molecule has 3 aromatic rings. The molecular formula is C20H18N2O4S2. The number of benzene rings is 1. The van der Waals surface area contributed by atoms with Crippen molar-refractivity contribution in [2.45, 2.75) is 6.04 Å². The van der Waals surface area contributed by atoms with E-state index < -0.39 is 18.5 Å². The van der Waals surface area contributed by atoms with Crippen LogP contribution in [0.3, 0.4) is 0 Å². The molecule has 2 aromatic heterocycles. The number of amides is 2. The molecule has 8 heteroatoms. The van der Waals surface area contributed by atoms with Crippen molar-refractivity contribution in [1.29, 1.82) is 0 Å². The zero-order valence-corrected chi connectivity index (χ0v) is 16.4. The predicted octanol–water partition coefficient (Wildman–Crippen LogP) is 2.99. The zero-order valence-electron chi connectivity index (χ0n) is 14.8. The average molecular weight is 415 g/mol. The van der Waals surface area contributed by atoms with Gasteiger partial charge in [0.15, 0.2) is 6.61 Å². The number of carbonyl (C=O) groups excluding carboxylic acids is 3. The summed E-state index contributed by atoms with van der Waals surface area (Å²) in [7, 11) is 0. The minimum Gasteiger partial charge on any atom is -0.454 e. The van der Waals surface area contributed by atoms with Crippen molar-refractivity contribution in [3.63, 3.8) is 0 Å². The highest BCUT2D eigenvalue weighted by atomic mass is 32.1. The number of carbonyl (C=O) groups is 3. The van der Waals surface area contributed by atoms with Crippen LogP contribution in [0.5, 0.6) is 0 Å². The van der Waals surface area contributed by atoms with Crippen LogP contribution in [0.2, 0.25) is 0 Å². The van der Waals surface area contributed by atoms with Crippen LogP contribution in [0.4, 0.5) is 0 Å². The fourth-order valence-electron chi connectivity index (χ4n) is 2.47. The van der Waals surface area contributed by atoms with E-state index in [-0.39, 0.29) is 18.5 Å². The summed E-state index contributed by atoms with van der Waals surface area (Å²) >= 11 is 2.81. The van der Waals surface area contributed by atoms with Gasteiger partial charge in [0.1, 0.15) is 6.54 Å². The third-order valence-electron chi connectivity index (χ3n) is 3.77. The Balaban J connectivity index is 1.49. The Bertz CT molecular complexity index is 909. The van der Waals surface area contributed by atoms with Gasteiger partial charge in [0.05, 0.1) is 10.9 Å². The molecule has 28 heavy (non-hydrogen) atoms. The predicted molar refractivity (Wildman–Crippen MR) is 108 cm³/mol. The van der Waals surface area contributed by atoms with Crippen molar-refractivity contribution in [2.75, 3.05) is 13.2 Å². The third-order valence-corrected chi connectivity index (χ3v) is 5.57. The second-order valence-corrected chi connectivity index (χ2v) is 7.67. The highest BCUT2D eigenvalue weighted by molar-refractivity contribution is 7.12. The van der Waals surface area contributed by atoms with Gasteiger partial charge >= 0.3 is 5.97 Å². The molecule has 0 fully saturated rings. The number of hydrogen-bond acceptors (Lipinski definition) is 6. The molecule has 0 aliphatic heterocycles. The molecule has 0 unspecified atom stereocenters. The van der Waals surface area contributed by atoms with E-state index in [1.165, 1.54) is 22.7 Å². The molecule has 144 valence electrons. The fraction of sp³-hybridized carbons (Fsp3) is 0.150. The van der Waals surface area contributed by atoms with E-state index in [4.69, 9.17) is 4.74 Å². The van der Waals surface area contributed by atoms with Gasteiger partial charge in [-0.1, -0.05) is 42.5 Å². The van der Waals surface area contributed by atoms with E-state index in [1.54, 1.807) is 17.5 Å². The standard InChI is InChI=1S/C20H18N2O4S2/c23-17(13-26-18(24)12-21-20(25)16-9-5-11-28-16)22-19(15-8-4-10-27-15)14-6-2-1-3-7-14/h1-11,19H,12-13H2,(H,21,25)(H,22,23)/t19-/m1/s1. The Morgan fingerprint density at radius 2 is 1.68 bits per heavy atom.